The van der Waals surface area contributed by atoms with Crippen LogP contribution in [0.15, 0.2) is 36.4 Å². The van der Waals surface area contributed by atoms with Crippen LogP contribution in [0.4, 0.5) is 5.69 Å². The molecule has 0 saturated heterocycles. The minimum Gasteiger partial charge on any atom is -0.493 e. The standard InChI is InChI=1S/C20H27NO4/c1-14(2)21(16-8-10-18(23-4)20(12-16)25-6)13-15-7-9-17(22-3)19(11-15)24-5/h7-12,14H,13H2,1-6H3. The topological polar surface area (TPSA) is 40.2 Å². The first-order valence-electron chi connectivity index (χ1n) is 8.23. The first-order chi connectivity index (χ1) is 12.0. The zero-order chi connectivity index (χ0) is 18.4. The molecule has 0 saturated carbocycles. The summed E-state index contributed by atoms with van der Waals surface area (Å²) in [4.78, 5) is 2.29. The van der Waals surface area contributed by atoms with Gasteiger partial charge in [0.25, 0.3) is 0 Å². The molecule has 2 rings (SSSR count). The summed E-state index contributed by atoms with van der Waals surface area (Å²) < 4.78 is 21.5. The Morgan fingerprint density at radius 2 is 1.24 bits per heavy atom. The van der Waals surface area contributed by atoms with Crippen LogP contribution in [0.2, 0.25) is 0 Å². The summed E-state index contributed by atoms with van der Waals surface area (Å²) in [5.41, 5.74) is 2.21. The fourth-order valence-corrected chi connectivity index (χ4v) is 2.75. The molecule has 0 aliphatic carbocycles. The van der Waals surface area contributed by atoms with E-state index in [0.29, 0.717) is 6.04 Å². The highest BCUT2D eigenvalue weighted by Gasteiger charge is 2.15. The van der Waals surface area contributed by atoms with Gasteiger partial charge in [-0.1, -0.05) is 6.07 Å². The van der Waals surface area contributed by atoms with Crippen LogP contribution in [-0.2, 0) is 6.54 Å². The highest BCUT2D eigenvalue weighted by atomic mass is 16.5. The van der Waals surface area contributed by atoms with Crippen LogP contribution in [0.5, 0.6) is 23.0 Å². The predicted molar refractivity (Wildman–Crippen MR) is 100 cm³/mol. The van der Waals surface area contributed by atoms with Crippen molar-refractivity contribution in [3.8, 4) is 23.0 Å². The van der Waals surface area contributed by atoms with E-state index in [1.54, 1.807) is 28.4 Å². The second kappa shape index (κ2) is 8.51. The van der Waals surface area contributed by atoms with Crippen molar-refractivity contribution in [2.24, 2.45) is 0 Å². The Hall–Kier alpha value is -2.56. The first kappa shape index (κ1) is 18.8. The van der Waals surface area contributed by atoms with Crippen molar-refractivity contribution >= 4 is 5.69 Å². The quantitative estimate of drug-likeness (QED) is 0.719. The van der Waals surface area contributed by atoms with Gasteiger partial charge in [-0.2, -0.15) is 0 Å². The number of rotatable bonds is 8. The zero-order valence-electron chi connectivity index (χ0n) is 15.8. The van der Waals surface area contributed by atoms with E-state index in [2.05, 4.69) is 24.8 Å². The summed E-state index contributed by atoms with van der Waals surface area (Å²) >= 11 is 0. The van der Waals surface area contributed by atoms with E-state index in [9.17, 15) is 0 Å². The van der Waals surface area contributed by atoms with Gasteiger partial charge >= 0.3 is 0 Å². The monoisotopic (exact) mass is 345 g/mol. The molecule has 0 heterocycles. The molecular weight excluding hydrogens is 318 g/mol. The smallest absolute Gasteiger partial charge is 0.162 e. The molecule has 2 aromatic carbocycles. The lowest BCUT2D eigenvalue weighted by Crippen LogP contribution is -2.30. The van der Waals surface area contributed by atoms with Crippen molar-refractivity contribution in [1.82, 2.24) is 0 Å². The van der Waals surface area contributed by atoms with Gasteiger partial charge < -0.3 is 23.8 Å². The van der Waals surface area contributed by atoms with E-state index in [4.69, 9.17) is 18.9 Å². The highest BCUT2D eigenvalue weighted by molar-refractivity contribution is 5.57. The van der Waals surface area contributed by atoms with Gasteiger partial charge in [0.2, 0.25) is 0 Å². The molecule has 0 atom stereocenters. The summed E-state index contributed by atoms with van der Waals surface area (Å²) in [5.74, 6) is 2.91. The number of anilines is 1. The number of ether oxygens (including phenoxy) is 4. The lowest BCUT2D eigenvalue weighted by Gasteiger charge is -2.30. The van der Waals surface area contributed by atoms with Crippen LogP contribution >= 0.6 is 0 Å². The average molecular weight is 345 g/mol. The van der Waals surface area contributed by atoms with E-state index in [0.717, 1.165) is 40.8 Å². The van der Waals surface area contributed by atoms with Crippen molar-refractivity contribution in [3.63, 3.8) is 0 Å². The van der Waals surface area contributed by atoms with Gasteiger partial charge in [-0.25, -0.2) is 0 Å². The number of hydrogen-bond donors (Lipinski definition) is 0. The molecule has 0 unspecified atom stereocenters. The van der Waals surface area contributed by atoms with Crippen molar-refractivity contribution < 1.29 is 18.9 Å². The van der Waals surface area contributed by atoms with E-state index in [-0.39, 0.29) is 0 Å². The number of nitrogens with zero attached hydrogens (tertiary/aromatic N) is 1. The van der Waals surface area contributed by atoms with Crippen LogP contribution in [0.1, 0.15) is 19.4 Å². The van der Waals surface area contributed by atoms with E-state index >= 15 is 0 Å². The Morgan fingerprint density at radius 3 is 1.76 bits per heavy atom. The molecule has 2 aromatic rings. The minimum absolute atomic E-state index is 0.311. The maximum atomic E-state index is 5.44. The van der Waals surface area contributed by atoms with Gasteiger partial charge in [-0.3, -0.25) is 0 Å². The SMILES string of the molecule is COc1ccc(CN(c2ccc(OC)c(OC)c2)C(C)C)cc1OC. The molecule has 136 valence electrons. The molecule has 5 heteroatoms. The summed E-state index contributed by atoms with van der Waals surface area (Å²) in [7, 11) is 6.58. The second-order valence-electron chi connectivity index (χ2n) is 5.95. The molecular formula is C20H27NO4. The van der Waals surface area contributed by atoms with Crippen LogP contribution < -0.4 is 23.8 Å². The number of benzene rings is 2. The summed E-state index contributed by atoms with van der Waals surface area (Å²) in [6.07, 6.45) is 0. The minimum atomic E-state index is 0.311. The fraction of sp³-hybridized carbons (Fsp3) is 0.400. The van der Waals surface area contributed by atoms with E-state index < -0.39 is 0 Å². The maximum absolute atomic E-state index is 5.44. The first-order valence-corrected chi connectivity index (χ1v) is 8.23. The van der Waals surface area contributed by atoms with Gasteiger partial charge in [0.15, 0.2) is 23.0 Å². The van der Waals surface area contributed by atoms with Crippen LogP contribution in [0, 0.1) is 0 Å². The molecule has 0 N–H and O–H groups in total. The van der Waals surface area contributed by atoms with Crippen LogP contribution in [0.25, 0.3) is 0 Å². The average Bonchev–Trinajstić information content (AvgIpc) is 2.64. The largest absolute Gasteiger partial charge is 0.493 e. The van der Waals surface area contributed by atoms with E-state index in [1.807, 2.05) is 30.3 Å². The Labute approximate surface area is 150 Å². The maximum Gasteiger partial charge on any atom is 0.162 e. The third kappa shape index (κ3) is 4.29. The van der Waals surface area contributed by atoms with Crippen molar-refractivity contribution in [1.29, 1.82) is 0 Å². The fourth-order valence-electron chi connectivity index (χ4n) is 2.75. The Morgan fingerprint density at radius 1 is 0.720 bits per heavy atom. The van der Waals surface area contributed by atoms with Crippen molar-refractivity contribution in [2.45, 2.75) is 26.4 Å². The van der Waals surface area contributed by atoms with E-state index in [1.165, 1.54) is 0 Å². The Balaban J connectivity index is 2.33. The normalized spacial score (nSPS) is 10.5. The lowest BCUT2D eigenvalue weighted by atomic mass is 10.1. The zero-order valence-corrected chi connectivity index (χ0v) is 15.8. The highest BCUT2D eigenvalue weighted by Crippen LogP contribution is 2.34. The molecule has 5 nitrogen and oxygen atoms in total. The van der Waals surface area contributed by atoms with Gasteiger partial charge in [0.05, 0.1) is 28.4 Å². The third-order valence-electron chi connectivity index (χ3n) is 4.12. The molecule has 0 aliphatic rings. The molecule has 0 fully saturated rings. The summed E-state index contributed by atoms with van der Waals surface area (Å²) in [6.45, 7) is 5.07. The number of hydrogen-bond acceptors (Lipinski definition) is 5. The van der Waals surface area contributed by atoms with Crippen molar-refractivity contribution in [3.05, 3.63) is 42.0 Å². The van der Waals surface area contributed by atoms with Gasteiger partial charge in [-0.15, -0.1) is 0 Å². The van der Waals surface area contributed by atoms with Crippen LogP contribution in [0.3, 0.4) is 0 Å². The molecule has 0 amide bonds. The third-order valence-corrected chi connectivity index (χ3v) is 4.12. The Kier molecular flexibility index (Phi) is 6.39. The summed E-state index contributed by atoms with van der Waals surface area (Å²) in [5, 5.41) is 0. The van der Waals surface area contributed by atoms with Gasteiger partial charge in [0, 0.05) is 24.3 Å². The predicted octanol–water partition coefficient (Wildman–Crippen LogP) is 4.14. The van der Waals surface area contributed by atoms with Crippen LogP contribution in [-0.4, -0.2) is 34.5 Å². The second-order valence-corrected chi connectivity index (χ2v) is 5.95. The molecule has 25 heavy (non-hydrogen) atoms. The van der Waals surface area contributed by atoms with Gasteiger partial charge in [-0.05, 0) is 43.7 Å². The molecule has 0 bridgehead atoms. The molecule has 0 radical (unpaired) electrons. The number of methoxy groups -OCH3 is 4. The Bertz CT molecular complexity index is 700. The lowest BCUT2D eigenvalue weighted by molar-refractivity contribution is 0.354. The molecule has 0 aromatic heterocycles. The molecule has 0 spiro atoms. The van der Waals surface area contributed by atoms with Crippen molar-refractivity contribution in [2.75, 3.05) is 33.3 Å². The summed E-state index contributed by atoms with van der Waals surface area (Å²) in [6, 6.07) is 12.3. The van der Waals surface area contributed by atoms with Gasteiger partial charge in [0.1, 0.15) is 0 Å². The molecule has 0 aliphatic heterocycles.